The van der Waals surface area contributed by atoms with Crippen molar-refractivity contribution in [2.24, 2.45) is 0 Å². The first-order valence-electron chi connectivity index (χ1n) is 6.74. The van der Waals surface area contributed by atoms with Crippen LogP contribution < -0.4 is 0 Å². The zero-order chi connectivity index (χ0) is 17.5. The number of halogens is 4. The first-order chi connectivity index (χ1) is 11.3. The molecule has 0 atom stereocenters. The Morgan fingerprint density at radius 2 is 1.88 bits per heavy atom. The molecule has 0 aliphatic heterocycles. The number of fused-ring (bicyclic) bond motifs is 1. The van der Waals surface area contributed by atoms with E-state index in [-0.39, 0.29) is 5.52 Å². The number of carbonyl (C=O) groups excluding carboxylic acids is 1. The van der Waals surface area contributed by atoms with Crippen LogP contribution in [0.1, 0.15) is 15.9 Å². The number of carbonyl (C=O) groups is 1. The van der Waals surface area contributed by atoms with Crippen LogP contribution in [-0.4, -0.2) is 22.6 Å². The van der Waals surface area contributed by atoms with Crippen molar-refractivity contribution in [2.75, 3.05) is 7.11 Å². The maximum absolute atomic E-state index is 13.2. The van der Waals surface area contributed by atoms with E-state index in [9.17, 15) is 18.0 Å². The Morgan fingerprint density at radius 1 is 1.21 bits per heavy atom. The van der Waals surface area contributed by atoms with Gasteiger partial charge >= 0.3 is 12.1 Å². The fourth-order valence-electron chi connectivity index (χ4n) is 2.38. The lowest BCUT2D eigenvalue weighted by molar-refractivity contribution is -0.136. The number of imidazole rings is 1. The van der Waals surface area contributed by atoms with Gasteiger partial charge < -0.3 is 4.74 Å². The van der Waals surface area contributed by atoms with Crippen LogP contribution >= 0.6 is 15.9 Å². The lowest BCUT2D eigenvalue weighted by Gasteiger charge is -2.10. The number of hydrogen-bond acceptors (Lipinski definition) is 3. The highest BCUT2D eigenvalue weighted by atomic mass is 79.9. The van der Waals surface area contributed by atoms with Gasteiger partial charge in [-0.25, -0.2) is 9.78 Å². The third-order valence-corrected chi connectivity index (χ3v) is 3.95. The second kappa shape index (κ2) is 5.94. The number of hydrogen-bond donors (Lipinski definition) is 0. The molecule has 0 aliphatic carbocycles. The van der Waals surface area contributed by atoms with E-state index in [1.54, 1.807) is 18.2 Å². The zero-order valence-corrected chi connectivity index (χ0v) is 13.9. The summed E-state index contributed by atoms with van der Waals surface area (Å²) in [6.07, 6.45) is -3.19. The molecule has 3 rings (SSSR count). The average Bonchev–Trinajstić information content (AvgIpc) is 2.96. The van der Waals surface area contributed by atoms with E-state index in [0.29, 0.717) is 21.2 Å². The molecule has 0 aliphatic rings. The Bertz CT molecular complexity index is 917. The van der Waals surface area contributed by atoms with Crippen LogP contribution in [-0.2, 0) is 10.9 Å². The summed E-state index contributed by atoms with van der Waals surface area (Å²) in [6, 6.07) is 8.86. The summed E-state index contributed by atoms with van der Waals surface area (Å²) >= 11 is 3.10. The average molecular weight is 399 g/mol. The van der Waals surface area contributed by atoms with Crippen molar-refractivity contribution >= 4 is 32.9 Å². The summed E-state index contributed by atoms with van der Waals surface area (Å²) in [7, 11) is 1.27. The van der Waals surface area contributed by atoms with E-state index in [4.69, 9.17) is 0 Å². The summed E-state index contributed by atoms with van der Waals surface area (Å²) in [4.78, 5) is 15.4. The molecule has 0 N–H and O–H groups in total. The van der Waals surface area contributed by atoms with Crippen LogP contribution in [0, 0.1) is 0 Å². The highest BCUT2D eigenvalue weighted by Gasteiger charge is 2.34. The molecule has 3 aromatic rings. The second-order valence-corrected chi connectivity index (χ2v) is 5.89. The number of alkyl halides is 3. The summed E-state index contributed by atoms with van der Waals surface area (Å²) in [5, 5.41) is 0. The second-order valence-electron chi connectivity index (χ2n) is 4.97. The van der Waals surface area contributed by atoms with E-state index in [1.807, 2.05) is 0 Å². The van der Waals surface area contributed by atoms with Gasteiger partial charge in [0.2, 0.25) is 0 Å². The lowest BCUT2D eigenvalue weighted by atomic mass is 10.1. The van der Waals surface area contributed by atoms with Crippen molar-refractivity contribution in [3.63, 3.8) is 0 Å². The number of aromatic nitrogens is 2. The molecule has 0 amide bonds. The molecule has 0 saturated carbocycles. The maximum atomic E-state index is 13.2. The number of nitrogens with zero attached hydrogens (tertiary/aromatic N) is 2. The molecule has 0 fully saturated rings. The van der Waals surface area contributed by atoms with Crippen molar-refractivity contribution in [3.8, 4) is 5.69 Å². The first kappa shape index (κ1) is 16.5. The van der Waals surface area contributed by atoms with Crippen molar-refractivity contribution in [3.05, 3.63) is 58.3 Å². The standard InChI is InChI=1S/C16H10BrF3N2O2/c1-24-15(23)9-2-4-11(5-3-9)22-8-21-14-12(16(18,19)20)6-10(17)7-13(14)22/h2-8H,1H3. The quantitative estimate of drug-likeness (QED) is 0.592. The highest BCUT2D eigenvalue weighted by Crippen LogP contribution is 2.37. The number of esters is 1. The third kappa shape index (κ3) is 2.89. The predicted molar refractivity (Wildman–Crippen MR) is 85.1 cm³/mol. The van der Waals surface area contributed by atoms with E-state index >= 15 is 0 Å². The lowest BCUT2D eigenvalue weighted by Crippen LogP contribution is -2.06. The minimum Gasteiger partial charge on any atom is -0.465 e. The summed E-state index contributed by atoms with van der Waals surface area (Å²) in [5.41, 5.74) is 0.293. The van der Waals surface area contributed by atoms with E-state index < -0.39 is 17.7 Å². The van der Waals surface area contributed by atoms with Crippen LogP contribution in [0.3, 0.4) is 0 Å². The van der Waals surface area contributed by atoms with Crippen molar-refractivity contribution < 1.29 is 22.7 Å². The van der Waals surface area contributed by atoms with E-state index in [2.05, 4.69) is 25.7 Å². The Hall–Kier alpha value is -2.35. The molecule has 0 spiro atoms. The zero-order valence-electron chi connectivity index (χ0n) is 12.3. The number of ether oxygens (including phenoxy) is 1. The van der Waals surface area contributed by atoms with Gasteiger partial charge in [-0.15, -0.1) is 0 Å². The van der Waals surface area contributed by atoms with Crippen LogP contribution in [0.4, 0.5) is 13.2 Å². The van der Waals surface area contributed by atoms with Crippen LogP contribution in [0.15, 0.2) is 47.2 Å². The predicted octanol–water partition coefficient (Wildman–Crippen LogP) is 4.59. The molecule has 24 heavy (non-hydrogen) atoms. The number of benzene rings is 2. The SMILES string of the molecule is COC(=O)c1ccc(-n2cnc3c(C(F)(F)F)cc(Br)cc32)cc1. The first-order valence-corrected chi connectivity index (χ1v) is 7.53. The van der Waals surface area contributed by atoms with E-state index in [1.165, 1.54) is 30.1 Å². The molecule has 0 unspecified atom stereocenters. The van der Waals surface area contributed by atoms with Gasteiger partial charge in [0.1, 0.15) is 11.8 Å². The number of rotatable bonds is 2. The van der Waals surface area contributed by atoms with Crippen molar-refractivity contribution in [1.82, 2.24) is 9.55 Å². The third-order valence-electron chi connectivity index (χ3n) is 3.49. The smallest absolute Gasteiger partial charge is 0.418 e. The maximum Gasteiger partial charge on any atom is 0.418 e. The van der Waals surface area contributed by atoms with Crippen molar-refractivity contribution in [2.45, 2.75) is 6.18 Å². The normalized spacial score (nSPS) is 11.7. The molecule has 0 bridgehead atoms. The Labute approximate surface area is 143 Å². The summed E-state index contributed by atoms with van der Waals surface area (Å²) in [6.45, 7) is 0. The molecule has 4 nitrogen and oxygen atoms in total. The molecular weight excluding hydrogens is 389 g/mol. The van der Waals surface area contributed by atoms with Crippen LogP contribution in [0.2, 0.25) is 0 Å². The minimum atomic E-state index is -4.50. The van der Waals surface area contributed by atoms with Crippen molar-refractivity contribution in [1.29, 1.82) is 0 Å². The molecular formula is C16H10BrF3N2O2. The molecule has 124 valence electrons. The number of methoxy groups -OCH3 is 1. The molecule has 0 radical (unpaired) electrons. The van der Waals surface area contributed by atoms with Gasteiger partial charge in [-0.2, -0.15) is 13.2 Å². The topological polar surface area (TPSA) is 44.1 Å². The van der Waals surface area contributed by atoms with Gasteiger partial charge in [0.15, 0.2) is 0 Å². The van der Waals surface area contributed by atoms with E-state index in [0.717, 1.165) is 6.07 Å². The largest absolute Gasteiger partial charge is 0.465 e. The van der Waals surface area contributed by atoms with Gasteiger partial charge in [-0.3, -0.25) is 4.57 Å². The van der Waals surface area contributed by atoms with Gasteiger partial charge in [-0.05, 0) is 36.4 Å². The van der Waals surface area contributed by atoms with Crippen LogP contribution in [0.5, 0.6) is 0 Å². The fourth-order valence-corrected chi connectivity index (χ4v) is 2.83. The van der Waals surface area contributed by atoms with Gasteiger partial charge in [-0.1, -0.05) is 15.9 Å². The van der Waals surface area contributed by atoms with Crippen LogP contribution in [0.25, 0.3) is 16.7 Å². The Morgan fingerprint density at radius 3 is 2.46 bits per heavy atom. The molecule has 2 aromatic carbocycles. The van der Waals surface area contributed by atoms with Gasteiger partial charge in [0.05, 0.1) is 23.8 Å². The monoisotopic (exact) mass is 398 g/mol. The Balaban J connectivity index is 2.14. The Kier molecular flexibility index (Phi) is 4.08. The minimum absolute atomic E-state index is 0.136. The summed E-state index contributed by atoms with van der Waals surface area (Å²) < 4.78 is 45.9. The van der Waals surface area contributed by atoms with Gasteiger partial charge in [0.25, 0.3) is 0 Å². The highest BCUT2D eigenvalue weighted by molar-refractivity contribution is 9.10. The molecule has 1 aromatic heterocycles. The molecule has 0 saturated heterocycles. The molecule has 8 heteroatoms. The fraction of sp³-hybridized carbons (Fsp3) is 0.125. The summed E-state index contributed by atoms with van der Waals surface area (Å²) in [5.74, 6) is -0.487. The molecule has 1 heterocycles. The van der Waals surface area contributed by atoms with Gasteiger partial charge in [0, 0.05) is 10.2 Å².